The summed E-state index contributed by atoms with van der Waals surface area (Å²) in [6.07, 6.45) is 20.1. The van der Waals surface area contributed by atoms with Crippen molar-refractivity contribution in [3.8, 4) is 0 Å². The van der Waals surface area contributed by atoms with Gasteiger partial charge in [-0.15, -0.1) is 0 Å². The molecule has 0 aromatic carbocycles. The van der Waals surface area contributed by atoms with E-state index in [2.05, 4.69) is 25.3 Å². The van der Waals surface area contributed by atoms with E-state index in [0.717, 1.165) is 44.4 Å². The number of phosphoric ester groups is 1. The second kappa shape index (κ2) is 26.9. The van der Waals surface area contributed by atoms with E-state index in [1.54, 1.807) is 12.2 Å². The quantitative estimate of drug-likeness (QED) is 0.0265. The zero-order valence-electron chi connectivity index (χ0n) is 30.2. The molecule has 0 aliphatic heterocycles. The zero-order valence-corrected chi connectivity index (χ0v) is 31.1. The number of ether oxygens (including phenoxy) is 2. The lowest BCUT2D eigenvalue weighted by Gasteiger charge is -2.18. The molecule has 1 aliphatic rings. The number of aliphatic hydroxyl groups is 2. The molecule has 0 amide bonds. The van der Waals surface area contributed by atoms with Gasteiger partial charge in [0.1, 0.15) is 12.4 Å². The SMILES string of the molecule is CCCCC[C@H](O)/C=C/[C@H]1C(=O)C[C@H](O)[C@@H]1C/C=C\CCCC(=O)O[C@H](COC(=O)CCCCCCCCCCC(C)C)COP(=O)(O)O. The molecule has 4 N–H and O–H groups in total. The lowest BCUT2D eigenvalue weighted by Crippen LogP contribution is -2.29. The highest BCUT2D eigenvalue weighted by Gasteiger charge is 2.39. The fourth-order valence-corrected chi connectivity index (χ4v) is 6.25. The molecular weight excluding hydrogens is 651 g/mol. The first-order valence-electron chi connectivity index (χ1n) is 18.6. The molecule has 49 heavy (non-hydrogen) atoms. The van der Waals surface area contributed by atoms with Gasteiger partial charge in [0.05, 0.1) is 18.8 Å². The van der Waals surface area contributed by atoms with E-state index in [4.69, 9.17) is 19.3 Å². The lowest BCUT2D eigenvalue weighted by atomic mass is 9.90. The van der Waals surface area contributed by atoms with Gasteiger partial charge in [-0.05, 0) is 38.0 Å². The molecule has 1 saturated carbocycles. The van der Waals surface area contributed by atoms with E-state index in [0.29, 0.717) is 32.1 Å². The van der Waals surface area contributed by atoms with E-state index < -0.39 is 50.6 Å². The van der Waals surface area contributed by atoms with Crippen LogP contribution in [0.2, 0.25) is 0 Å². The maximum Gasteiger partial charge on any atom is 0.469 e. The third-order valence-corrected chi connectivity index (χ3v) is 9.26. The third-order valence-electron chi connectivity index (χ3n) is 8.78. The minimum Gasteiger partial charge on any atom is -0.462 e. The number of ketones is 1. The Balaban J connectivity index is 2.38. The van der Waals surface area contributed by atoms with Crippen LogP contribution in [-0.4, -0.2) is 69.2 Å². The summed E-state index contributed by atoms with van der Waals surface area (Å²) in [5, 5.41) is 20.6. The molecule has 1 fully saturated rings. The van der Waals surface area contributed by atoms with E-state index in [9.17, 15) is 29.2 Å². The van der Waals surface area contributed by atoms with Crippen LogP contribution in [0.5, 0.6) is 0 Å². The topological polar surface area (TPSA) is 177 Å². The predicted octanol–water partition coefficient (Wildman–Crippen LogP) is 7.29. The van der Waals surface area contributed by atoms with E-state index in [1.165, 1.54) is 32.1 Å². The number of rotatable bonds is 29. The molecule has 1 rings (SSSR count). The monoisotopic (exact) mass is 716 g/mol. The van der Waals surface area contributed by atoms with Crippen LogP contribution in [0.25, 0.3) is 0 Å². The number of hydrogen-bond acceptors (Lipinski definition) is 9. The van der Waals surface area contributed by atoms with Crippen LogP contribution in [0, 0.1) is 17.8 Å². The van der Waals surface area contributed by atoms with E-state index in [1.807, 2.05) is 12.2 Å². The van der Waals surface area contributed by atoms with Gasteiger partial charge in [-0.3, -0.25) is 18.9 Å². The van der Waals surface area contributed by atoms with Crippen LogP contribution in [0.3, 0.4) is 0 Å². The van der Waals surface area contributed by atoms with Crippen LogP contribution >= 0.6 is 7.82 Å². The largest absolute Gasteiger partial charge is 0.469 e. The van der Waals surface area contributed by atoms with Crippen molar-refractivity contribution in [2.75, 3.05) is 13.2 Å². The summed E-state index contributed by atoms with van der Waals surface area (Å²) in [7, 11) is -4.82. The predicted molar refractivity (Wildman–Crippen MR) is 189 cm³/mol. The first-order chi connectivity index (χ1) is 23.3. The fraction of sp³-hybridized carbons (Fsp3) is 0.811. The summed E-state index contributed by atoms with van der Waals surface area (Å²) in [5.74, 6) is -1.10. The maximum atomic E-state index is 12.4. The molecule has 0 saturated heterocycles. The molecule has 1 aliphatic carbocycles. The number of aliphatic hydroxyl groups excluding tert-OH is 2. The summed E-state index contributed by atoms with van der Waals surface area (Å²) in [5.41, 5.74) is 0. The Kier molecular flexibility index (Phi) is 24.7. The molecular formula is C37H65O11P. The number of allylic oxidation sites excluding steroid dienone is 3. The molecule has 284 valence electrons. The number of unbranched alkanes of at least 4 members (excludes halogenated alkanes) is 10. The lowest BCUT2D eigenvalue weighted by molar-refractivity contribution is -0.161. The van der Waals surface area contributed by atoms with Crippen LogP contribution in [0.15, 0.2) is 24.3 Å². The second-order valence-corrected chi connectivity index (χ2v) is 15.1. The van der Waals surface area contributed by atoms with E-state index in [-0.39, 0.29) is 37.6 Å². The molecule has 0 heterocycles. The molecule has 11 nitrogen and oxygen atoms in total. The molecule has 0 aromatic heterocycles. The maximum absolute atomic E-state index is 12.4. The van der Waals surface area contributed by atoms with Crippen molar-refractivity contribution in [3.63, 3.8) is 0 Å². The van der Waals surface area contributed by atoms with Crippen molar-refractivity contribution in [3.05, 3.63) is 24.3 Å². The van der Waals surface area contributed by atoms with Gasteiger partial charge in [0.15, 0.2) is 6.10 Å². The van der Waals surface area contributed by atoms with Gasteiger partial charge < -0.3 is 29.5 Å². The fourth-order valence-electron chi connectivity index (χ4n) is 5.89. The van der Waals surface area contributed by atoms with Crippen molar-refractivity contribution < 1.29 is 52.9 Å². The number of carbonyl (C=O) groups is 3. The van der Waals surface area contributed by atoms with Crippen LogP contribution in [0.4, 0.5) is 0 Å². The Labute approximate surface area is 294 Å². The third kappa shape index (κ3) is 24.0. The number of hydrogen-bond donors (Lipinski definition) is 4. The smallest absolute Gasteiger partial charge is 0.462 e. The summed E-state index contributed by atoms with van der Waals surface area (Å²) in [6, 6.07) is 0. The summed E-state index contributed by atoms with van der Waals surface area (Å²) < 4.78 is 26.2. The van der Waals surface area contributed by atoms with Gasteiger partial charge in [-0.1, -0.05) is 116 Å². The average Bonchev–Trinajstić information content (AvgIpc) is 3.30. The minimum absolute atomic E-state index is 0.0221. The minimum atomic E-state index is -4.82. The Morgan fingerprint density at radius 3 is 2.16 bits per heavy atom. The molecule has 5 atom stereocenters. The van der Waals surface area contributed by atoms with Crippen molar-refractivity contribution >= 4 is 25.5 Å². The first kappa shape index (κ1) is 45.1. The van der Waals surface area contributed by atoms with Crippen LogP contribution < -0.4 is 0 Å². The standard InChI is InChI=1S/C37H65O11P/c1-4-5-14-20-30(38)24-25-33-32(34(39)26-35(33)40)21-16-12-13-18-23-37(42)48-31(28-47-49(43,44)45)27-46-36(41)22-17-11-9-7-6-8-10-15-19-29(2)3/h12,16,24-25,29-34,38-39H,4-11,13-15,17-23,26-28H2,1-3H3,(H2,43,44,45)/b16-12-,25-24+/t30-,31+,32+,33+,34-/m0/s1. The van der Waals surface area contributed by atoms with Crippen molar-refractivity contribution in [2.45, 2.75) is 161 Å². The van der Waals surface area contributed by atoms with Gasteiger partial charge >= 0.3 is 19.8 Å². The van der Waals surface area contributed by atoms with Crippen molar-refractivity contribution in [2.24, 2.45) is 17.8 Å². The Morgan fingerprint density at radius 2 is 1.51 bits per heavy atom. The molecule has 12 heteroatoms. The summed E-state index contributed by atoms with van der Waals surface area (Å²) in [6.45, 7) is 5.60. The van der Waals surface area contributed by atoms with Gasteiger partial charge in [-0.2, -0.15) is 0 Å². The number of esters is 2. The average molecular weight is 717 g/mol. The number of carbonyl (C=O) groups excluding carboxylic acids is 3. The van der Waals surface area contributed by atoms with Crippen LogP contribution in [0.1, 0.15) is 143 Å². The van der Waals surface area contributed by atoms with Crippen molar-refractivity contribution in [1.82, 2.24) is 0 Å². The van der Waals surface area contributed by atoms with Gasteiger partial charge in [0.25, 0.3) is 0 Å². The summed E-state index contributed by atoms with van der Waals surface area (Å²) in [4.78, 5) is 55.3. The highest BCUT2D eigenvalue weighted by Crippen LogP contribution is 2.36. The Hall–Kier alpha value is -1.88. The molecule has 0 spiro atoms. The molecule has 0 aromatic rings. The number of Topliss-reactive ketones (excluding diaryl/α,β-unsaturated/α-hetero) is 1. The van der Waals surface area contributed by atoms with E-state index >= 15 is 0 Å². The highest BCUT2D eigenvalue weighted by atomic mass is 31.2. The molecule has 0 radical (unpaired) electrons. The van der Waals surface area contributed by atoms with Crippen molar-refractivity contribution in [1.29, 1.82) is 0 Å². The molecule has 0 unspecified atom stereocenters. The first-order valence-corrected chi connectivity index (χ1v) is 20.1. The Morgan fingerprint density at radius 1 is 0.878 bits per heavy atom. The zero-order chi connectivity index (χ0) is 36.5. The summed E-state index contributed by atoms with van der Waals surface area (Å²) >= 11 is 0. The van der Waals surface area contributed by atoms with Gasteiger partial charge in [0, 0.05) is 31.1 Å². The second-order valence-electron chi connectivity index (χ2n) is 13.8. The molecule has 0 bridgehead atoms. The number of phosphoric acid groups is 1. The van der Waals surface area contributed by atoms with Gasteiger partial charge in [-0.25, -0.2) is 4.57 Å². The van der Waals surface area contributed by atoms with Gasteiger partial charge in [0.2, 0.25) is 0 Å². The highest BCUT2D eigenvalue weighted by molar-refractivity contribution is 7.46. The van der Waals surface area contributed by atoms with Crippen LogP contribution in [-0.2, 0) is 32.9 Å². The Bertz CT molecular complexity index is 1020. The normalized spacial score (nSPS) is 19.7.